The Morgan fingerprint density at radius 3 is 2.72 bits per heavy atom. The molecule has 0 aromatic heterocycles. The second-order valence-electron chi connectivity index (χ2n) is 4.04. The van der Waals surface area contributed by atoms with E-state index in [1.165, 1.54) is 12.1 Å². The van der Waals surface area contributed by atoms with Crippen LogP contribution in [0.5, 0.6) is 0 Å². The molecular formula is C12H10ClNO4. The van der Waals surface area contributed by atoms with Gasteiger partial charge in [0.05, 0.1) is 6.54 Å². The first-order valence-electron chi connectivity index (χ1n) is 5.30. The van der Waals surface area contributed by atoms with E-state index in [2.05, 4.69) is 0 Å². The van der Waals surface area contributed by atoms with Crippen molar-refractivity contribution in [1.82, 2.24) is 4.90 Å². The zero-order valence-electron chi connectivity index (χ0n) is 9.30. The number of amides is 1. The monoisotopic (exact) mass is 267 g/mol. The Morgan fingerprint density at radius 1 is 1.39 bits per heavy atom. The summed E-state index contributed by atoms with van der Waals surface area (Å²) in [6.45, 7) is -0.164. The Hall–Kier alpha value is -1.88. The number of aliphatic carboxylic acids is 1. The summed E-state index contributed by atoms with van der Waals surface area (Å²) in [6.07, 6.45) is -0.137. The Kier molecular flexibility index (Phi) is 3.34. The fourth-order valence-corrected chi connectivity index (χ4v) is 2.10. The fourth-order valence-electron chi connectivity index (χ4n) is 1.91. The van der Waals surface area contributed by atoms with Crippen LogP contribution in [0.1, 0.15) is 16.8 Å². The molecular weight excluding hydrogens is 258 g/mol. The van der Waals surface area contributed by atoms with Crippen molar-refractivity contribution in [3.63, 3.8) is 0 Å². The van der Waals surface area contributed by atoms with Gasteiger partial charge in [-0.1, -0.05) is 17.7 Å². The molecule has 0 spiro atoms. The molecule has 1 aromatic rings. The van der Waals surface area contributed by atoms with Crippen molar-refractivity contribution in [2.24, 2.45) is 0 Å². The number of benzene rings is 1. The van der Waals surface area contributed by atoms with E-state index in [-0.39, 0.29) is 24.3 Å². The molecule has 1 atom stereocenters. The molecule has 0 bridgehead atoms. The molecule has 1 amide bonds. The van der Waals surface area contributed by atoms with Crippen LogP contribution >= 0.6 is 11.6 Å². The highest BCUT2D eigenvalue weighted by atomic mass is 35.5. The summed E-state index contributed by atoms with van der Waals surface area (Å²) in [5.74, 6) is -1.91. The third-order valence-electron chi connectivity index (χ3n) is 2.76. The van der Waals surface area contributed by atoms with Crippen molar-refractivity contribution < 1.29 is 19.5 Å². The number of likely N-dealkylation sites (tertiary alicyclic amines) is 1. The zero-order chi connectivity index (χ0) is 13.3. The Balaban J connectivity index is 2.28. The van der Waals surface area contributed by atoms with E-state index in [9.17, 15) is 14.4 Å². The van der Waals surface area contributed by atoms with Crippen LogP contribution in [-0.4, -0.2) is 40.3 Å². The second kappa shape index (κ2) is 4.78. The summed E-state index contributed by atoms with van der Waals surface area (Å²) >= 11 is 5.77. The lowest BCUT2D eigenvalue weighted by Gasteiger charge is -2.20. The average Bonchev–Trinajstić information content (AvgIpc) is 2.70. The molecule has 2 rings (SSSR count). The molecule has 1 unspecified atom stereocenters. The quantitative estimate of drug-likeness (QED) is 0.874. The standard InChI is InChI=1S/C12H10ClNO4/c13-8-3-1-2-7(4-8)11(16)14-6-9(15)5-10(14)12(17)18/h1-4,10H,5-6H2,(H,17,18). The van der Waals surface area contributed by atoms with Crippen LogP contribution in [0.25, 0.3) is 0 Å². The number of ketones is 1. The van der Waals surface area contributed by atoms with Gasteiger partial charge in [-0.3, -0.25) is 9.59 Å². The van der Waals surface area contributed by atoms with Crippen molar-refractivity contribution in [3.8, 4) is 0 Å². The van der Waals surface area contributed by atoms with Crippen molar-refractivity contribution in [3.05, 3.63) is 34.9 Å². The number of rotatable bonds is 2. The molecule has 6 heteroatoms. The third-order valence-corrected chi connectivity index (χ3v) is 3.00. The molecule has 1 aliphatic heterocycles. The fraction of sp³-hybridized carbons (Fsp3) is 0.250. The number of hydrogen-bond donors (Lipinski definition) is 1. The Labute approximate surface area is 108 Å². The van der Waals surface area contributed by atoms with Crippen LogP contribution in [0.2, 0.25) is 5.02 Å². The van der Waals surface area contributed by atoms with Gasteiger partial charge in [0, 0.05) is 17.0 Å². The van der Waals surface area contributed by atoms with Crippen LogP contribution in [-0.2, 0) is 9.59 Å². The summed E-state index contributed by atoms with van der Waals surface area (Å²) < 4.78 is 0. The first-order chi connectivity index (χ1) is 8.49. The summed E-state index contributed by atoms with van der Waals surface area (Å²) in [7, 11) is 0. The maximum absolute atomic E-state index is 12.1. The summed E-state index contributed by atoms with van der Waals surface area (Å²) in [6, 6.07) is 5.12. The van der Waals surface area contributed by atoms with Gasteiger partial charge < -0.3 is 10.0 Å². The molecule has 94 valence electrons. The number of carboxylic acids is 1. The van der Waals surface area contributed by atoms with Crippen molar-refractivity contribution in [1.29, 1.82) is 0 Å². The van der Waals surface area contributed by atoms with Gasteiger partial charge in [0.1, 0.15) is 6.04 Å². The van der Waals surface area contributed by atoms with Gasteiger partial charge in [0.15, 0.2) is 5.78 Å². The maximum atomic E-state index is 12.1. The molecule has 1 heterocycles. The van der Waals surface area contributed by atoms with Gasteiger partial charge in [-0.2, -0.15) is 0 Å². The lowest BCUT2D eigenvalue weighted by molar-refractivity contribution is -0.141. The molecule has 5 nitrogen and oxygen atoms in total. The minimum atomic E-state index is -1.17. The van der Waals surface area contributed by atoms with Crippen LogP contribution in [0, 0.1) is 0 Å². The minimum absolute atomic E-state index is 0.137. The zero-order valence-corrected chi connectivity index (χ0v) is 10.1. The lowest BCUT2D eigenvalue weighted by Crippen LogP contribution is -2.40. The van der Waals surface area contributed by atoms with Gasteiger partial charge in [0.2, 0.25) is 0 Å². The van der Waals surface area contributed by atoms with E-state index >= 15 is 0 Å². The maximum Gasteiger partial charge on any atom is 0.326 e. The number of carboxylic acid groups (broad SMARTS) is 1. The van der Waals surface area contributed by atoms with E-state index < -0.39 is 17.9 Å². The number of halogens is 1. The van der Waals surface area contributed by atoms with E-state index in [1.54, 1.807) is 12.1 Å². The normalized spacial score (nSPS) is 19.1. The molecule has 1 aromatic carbocycles. The summed E-state index contributed by atoms with van der Waals surface area (Å²) in [5, 5.41) is 9.37. The van der Waals surface area contributed by atoms with Crippen molar-refractivity contribution >= 4 is 29.3 Å². The first-order valence-corrected chi connectivity index (χ1v) is 5.68. The van der Waals surface area contributed by atoms with Crippen LogP contribution in [0.4, 0.5) is 0 Å². The average molecular weight is 268 g/mol. The highest BCUT2D eigenvalue weighted by Crippen LogP contribution is 2.20. The van der Waals surface area contributed by atoms with E-state index in [1.807, 2.05) is 0 Å². The summed E-state index contributed by atoms with van der Waals surface area (Å²) in [5.41, 5.74) is 0.281. The molecule has 1 fully saturated rings. The first kappa shape index (κ1) is 12.6. The van der Waals surface area contributed by atoms with Gasteiger partial charge in [-0.25, -0.2) is 4.79 Å². The highest BCUT2D eigenvalue weighted by Gasteiger charge is 2.39. The van der Waals surface area contributed by atoms with Crippen LogP contribution < -0.4 is 0 Å². The van der Waals surface area contributed by atoms with Crippen LogP contribution in [0.15, 0.2) is 24.3 Å². The predicted octanol–water partition coefficient (Wildman–Crippen LogP) is 1.21. The molecule has 0 saturated carbocycles. The highest BCUT2D eigenvalue weighted by molar-refractivity contribution is 6.31. The van der Waals surface area contributed by atoms with E-state index in [0.717, 1.165) is 4.90 Å². The van der Waals surface area contributed by atoms with Crippen LogP contribution in [0.3, 0.4) is 0 Å². The van der Waals surface area contributed by atoms with Gasteiger partial charge in [-0.05, 0) is 18.2 Å². The van der Waals surface area contributed by atoms with Gasteiger partial charge in [-0.15, -0.1) is 0 Å². The van der Waals surface area contributed by atoms with Crippen molar-refractivity contribution in [2.75, 3.05) is 6.54 Å². The number of carbonyl (C=O) groups is 3. The Bertz CT molecular complexity index is 529. The number of Topliss-reactive ketones (excluding diaryl/α,β-unsaturated/α-hetero) is 1. The number of hydrogen-bond acceptors (Lipinski definition) is 3. The van der Waals surface area contributed by atoms with Crippen molar-refractivity contribution in [2.45, 2.75) is 12.5 Å². The predicted molar refractivity (Wildman–Crippen MR) is 63.5 cm³/mol. The summed E-state index contributed by atoms with van der Waals surface area (Å²) in [4.78, 5) is 35.5. The smallest absolute Gasteiger partial charge is 0.326 e. The molecule has 1 aliphatic rings. The topological polar surface area (TPSA) is 74.7 Å². The molecule has 0 aliphatic carbocycles. The number of carbonyl (C=O) groups excluding carboxylic acids is 2. The Morgan fingerprint density at radius 2 is 2.11 bits per heavy atom. The second-order valence-corrected chi connectivity index (χ2v) is 4.48. The number of nitrogens with zero attached hydrogens (tertiary/aromatic N) is 1. The van der Waals surface area contributed by atoms with E-state index in [4.69, 9.17) is 16.7 Å². The lowest BCUT2D eigenvalue weighted by atomic mass is 10.1. The SMILES string of the molecule is O=C1CC(C(=O)O)N(C(=O)c2cccc(Cl)c2)C1. The van der Waals surface area contributed by atoms with E-state index in [0.29, 0.717) is 5.02 Å². The largest absolute Gasteiger partial charge is 0.480 e. The third kappa shape index (κ3) is 2.36. The van der Waals surface area contributed by atoms with Gasteiger partial charge >= 0.3 is 5.97 Å². The molecule has 1 saturated heterocycles. The minimum Gasteiger partial charge on any atom is -0.480 e. The molecule has 0 radical (unpaired) electrons. The molecule has 1 N–H and O–H groups in total. The molecule has 18 heavy (non-hydrogen) atoms. The van der Waals surface area contributed by atoms with Gasteiger partial charge in [0.25, 0.3) is 5.91 Å².